The Labute approximate surface area is 125 Å². The van der Waals surface area contributed by atoms with Crippen LogP contribution in [0.1, 0.15) is 57.7 Å². The van der Waals surface area contributed by atoms with Crippen LogP contribution >= 0.6 is 0 Å². The van der Waals surface area contributed by atoms with Crippen molar-refractivity contribution in [2.75, 3.05) is 26.2 Å². The van der Waals surface area contributed by atoms with Crippen LogP contribution in [0.5, 0.6) is 0 Å². The van der Waals surface area contributed by atoms with E-state index in [1.54, 1.807) is 0 Å². The molecular weight excluding hydrogens is 244 g/mol. The molecule has 2 heteroatoms. The van der Waals surface area contributed by atoms with Gasteiger partial charge in [-0.15, -0.1) is 0 Å². The summed E-state index contributed by atoms with van der Waals surface area (Å²) in [5, 5.41) is 3.64. The highest BCUT2D eigenvalue weighted by Gasteiger charge is 2.14. The minimum atomic E-state index is 0.448. The lowest BCUT2D eigenvalue weighted by Crippen LogP contribution is -2.36. The third kappa shape index (κ3) is 5.64. The molecule has 1 aromatic carbocycles. The predicted octanol–water partition coefficient (Wildman–Crippen LogP) is 4.02. The molecule has 0 aromatic heterocycles. The molecule has 20 heavy (non-hydrogen) atoms. The summed E-state index contributed by atoms with van der Waals surface area (Å²) in [5.74, 6) is 0. The third-order valence-corrected chi connectivity index (χ3v) is 3.76. The van der Waals surface area contributed by atoms with Crippen molar-refractivity contribution >= 4 is 0 Å². The minimum absolute atomic E-state index is 0.448. The molecule has 0 spiro atoms. The number of nitrogens with zero attached hydrogens (tertiary/aromatic N) is 1. The zero-order chi connectivity index (χ0) is 14.8. The Hall–Kier alpha value is -0.860. The number of likely N-dealkylation sites (N-methyl/N-ethyl adjacent to an activating group) is 1. The quantitative estimate of drug-likeness (QED) is 0.694. The van der Waals surface area contributed by atoms with E-state index in [1.165, 1.54) is 37.1 Å². The van der Waals surface area contributed by atoms with Crippen LogP contribution in [0.25, 0.3) is 0 Å². The van der Waals surface area contributed by atoms with Crippen LogP contribution in [-0.2, 0) is 6.42 Å². The molecular formula is C18H32N2. The fourth-order valence-corrected chi connectivity index (χ4v) is 2.70. The predicted molar refractivity (Wildman–Crippen MR) is 89.3 cm³/mol. The van der Waals surface area contributed by atoms with Gasteiger partial charge in [-0.2, -0.15) is 0 Å². The van der Waals surface area contributed by atoms with Crippen LogP contribution in [0.4, 0.5) is 0 Å². The van der Waals surface area contributed by atoms with Crippen molar-refractivity contribution in [3.63, 3.8) is 0 Å². The SMILES string of the molecule is CCCN(CCC)CC(NCC)c1ccc(CC)cc1. The summed E-state index contributed by atoms with van der Waals surface area (Å²) in [5.41, 5.74) is 2.84. The number of rotatable bonds is 10. The molecule has 0 aliphatic rings. The number of hydrogen-bond acceptors (Lipinski definition) is 2. The van der Waals surface area contributed by atoms with Crippen LogP contribution in [0, 0.1) is 0 Å². The van der Waals surface area contributed by atoms with Crippen molar-refractivity contribution in [3.8, 4) is 0 Å². The first-order chi connectivity index (χ1) is 9.74. The maximum Gasteiger partial charge on any atom is 0.0449 e. The van der Waals surface area contributed by atoms with Gasteiger partial charge in [-0.3, -0.25) is 0 Å². The summed E-state index contributed by atoms with van der Waals surface area (Å²) in [6, 6.07) is 9.57. The molecule has 1 aromatic rings. The monoisotopic (exact) mass is 276 g/mol. The van der Waals surface area contributed by atoms with E-state index in [1.807, 2.05) is 0 Å². The van der Waals surface area contributed by atoms with Gasteiger partial charge < -0.3 is 10.2 Å². The van der Waals surface area contributed by atoms with E-state index in [0.717, 1.165) is 19.5 Å². The summed E-state index contributed by atoms with van der Waals surface area (Å²) in [7, 11) is 0. The van der Waals surface area contributed by atoms with Crippen LogP contribution in [0.3, 0.4) is 0 Å². The molecule has 2 nitrogen and oxygen atoms in total. The molecule has 0 heterocycles. The molecule has 0 saturated carbocycles. The normalized spacial score (nSPS) is 12.8. The zero-order valence-corrected chi connectivity index (χ0v) is 13.8. The Morgan fingerprint density at radius 3 is 2.00 bits per heavy atom. The van der Waals surface area contributed by atoms with Gasteiger partial charge in [0.2, 0.25) is 0 Å². The van der Waals surface area contributed by atoms with E-state index < -0.39 is 0 Å². The molecule has 0 radical (unpaired) electrons. The van der Waals surface area contributed by atoms with Gasteiger partial charge >= 0.3 is 0 Å². The Morgan fingerprint density at radius 1 is 0.950 bits per heavy atom. The maximum atomic E-state index is 3.64. The summed E-state index contributed by atoms with van der Waals surface area (Å²) in [6.45, 7) is 13.5. The van der Waals surface area contributed by atoms with E-state index in [0.29, 0.717) is 6.04 Å². The summed E-state index contributed by atoms with van der Waals surface area (Å²) < 4.78 is 0. The fraction of sp³-hybridized carbons (Fsp3) is 0.667. The molecule has 1 rings (SSSR count). The molecule has 114 valence electrons. The highest BCUT2D eigenvalue weighted by molar-refractivity contribution is 5.25. The first kappa shape index (κ1) is 17.2. The van der Waals surface area contributed by atoms with Gasteiger partial charge in [0.25, 0.3) is 0 Å². The number of aryl methyl sites for hydroxylation is 1. The third-order valence-electron chi connectivity index (χ3n) is 3.76. The number of benzene rings is 1. The van der Waals surface area contributed by atoms with Crippen molar-refractivity contribution in [2.45, 2.75) is 53.0 Å². The Kier molecular flexibility index (Phi) is 8.56. The number of hydrogen-bond donors (Lipinski definition) is 1. The van der Waals surface area contributed by atoms with Crippen molar-refractivity contribution in [1.82, 2.24) is 10.2 Å². The van der Waals surface area contributed by atoms with Crippen LogP contribution < -0.4 is 5.32 Å². The van der Waals surface area contributed by atoms with Crippen LogP contribution in [0.15, 0.2) is 24.3 Å². The van der Waals surface area contributed by atoms with Crippen LogP contribution in [-0.4, -0.2) is 31.1 Å². The summed E-state index contributed by atoms with van der Waals surface area (Å²) in [6.07, 6.45) is 3.57. The molecule has 0 aliphatic carbocycles. The largest absolute Gasteiger partial charge is 0.309 e. The minimum Gasteiger partial charge on any atom is -0.309 e. The summed E-state index contributed by atoms with van der Waals surface area (Å²) >= 11 is 0. The lowest BCUT2D eigenvalue weighted by Gasteiger charge is -2.28. The molecule has 1 N–H and O–H groups in total. The van der Waals surface area contributed by atoms with Gasteiger partial charge in [-0.1, -0.05) is 52.0 Å². The van der Waals surface area contributed by atoms with Gasteiger partial charge in [-0.05, 0) is 50.0 Å². The number of nitrogens with one attached hydrogen (secondary N) is 1. The lowest BCUT2D eigenvalue weighted by molar-refractivity contribution is 0.244. The highest BCUT2D eigenvalue weighted by atomic mass is 15.1. The fourth-order valence-electron chi connectivity index (χ4n) is 2.70. The zero-order valence-electron chi connectivity index (χ0n) is 13.8. The topological polar surface area (TPSA) is 15.3 Å². The first-order valence-corrected chi connectivity index (χ1v) is 8.29. The van der Waals surface area contributed by atoms with E-state index >= 15 is 0 Å². The van der Waals surface area contributed by atoms with Crippen molar-refractivity contribution < 1.29 is 0 Å². The van der Waals surface area contributed by atoms with Gasteiger partial charge in [0, 0.05) is 12.6 Å². The highest BCUT2D eigenvalue weighted by Crippen LogP contribution is 2.16. The molecule has 1 unspecified atom stereocenters. The molecule has 0 aliphatic heterocycles. The molecule has 0 fully saturated rings. The van der Waals surface area contributed by atoms with E-state index in [9.17, 15) is 0 Å². The smallest absolute Gasteiger partial charge is 0.0449 e. The van der Waals surface area contributed by atoms with Crippen molar-refractivity contribution in [3.05, 3.63) is 35.4 Å². The molecule has 0 bridgehead atoms. The average molecular weight is 276 g/mol. The second-order valence-corrected chi connectivity index (χ2v) is 5.51. The molecule has 0 amide bonds. The lowest BCUT2D eigenvalue weighted by atomic mass is 10.0. The van der Waals surface area contributed by atoms with E-state index in [4.69, 9.17) is 0 Å². The van der Waals surface area contributed by atoms with E-state index in [2.05, 4.69) is 62.2 Å². The molecule has 1 atom stereocenters. The molecule has 0 saturated heterocycles. The van der Waals surface area contributed by atoms with Gasteiger partial charge in [-0.25, -0.2) is 0 Å². The second kappa shape index (κ2) is 9.95. The van der Waals surface area contributed by atoms with Crippen molar-refractivity contribution in [2.24, 2.45) is 0 Å². The van der Waals surface area contributed by atoms with Gasteiger partial charge in [0.05, 0.1) is 0 Å². The van der Waals surface area contributed by atoms with Gasteiger partial charge in [0.1, 0.15) is 0 Å². The second-order valence-electron chi connectivity index (χ2n) is 5.51. The Balaban J connectivity index is 2.74. The first-order valence-electron chi connectivity index (χ1n) is 8.29. The average Bonchev–Trinajstić information content (AvgIpc) is 2.47. The standard InChI is InChI=1S/C18H32N2/c1-5-13-20(14-6-2)15-18(19-8-4)17-11-9-16(7-3)10-12-17/h9-12,18-19H,5-8,13-15H2,1-4H3. The summed E-state index contributed by atoms with van der Waals surface area (Å²) in [4.78, 5) is 2.58. The van der Waals surface area contributed by atoms with E-state index in [-0.39, 0.29) is 0 Å². The van der Waals surface area contributed by atoms with Crippen molar-refractivity contribution in [1.29, 1.82) is 0 Å². The Bertz CT molecular complexity index is 339. The van der Waals surface area contributed by atoms with Gasteiger partial charge in [0.15, 0.2) is 0 Å². The van der Waals surface area contributed by atoms with Crippen LogP contribution in [0.2, 0.25) is 0 Å². The maximum absolute atomic E-state index is 3.64. The Morgan fingerprint density at radius 2 is 1.55 bits per heavy atom.